The lowest BCUT2D eigenvalue weighted by atomic mass is 9.89. The van der Waals surface area contributed by atoms with Gasteiger partial charge in [0, 0.05) is 80.7 Å². The van der Waals surface area contributed by atoms with E-state index in [1.807, 2.05) is 12.1 Å². The molecule has 2 atom stereocenters. The molecule has 0 aliphatic carbocycles. The Morgan fingerprint density at radius 3 is 2.07 bits per heavy atom. The Kier molecular flexibility index (Phi) is 12.8. The molecule has 0 radical (unpaired) electrons. The zero-order valence-corrected chi connectivity index (χ0v) is 33.0. The number of hydrogen-bond acceptors (Lipinski definition) is 8. The van der Waals surface area contributed by atoms with Crippen LogP contribution in [0.1, 0.15) is 64.6 Å². The average molecular weight is 783 g/mol. The first-order valence-electron chi connectivity index (χ1n) is 19.4. The molecule has 0 saturated carbocycles. The number of halogens is 1. The van der Waals surface area contributed by atoms with Crippen LogP contribution in [0, 0.1) is 25.2 Å². The number of nitrogens with one attached hydrogen (secondary N) is 4. The summed E-state index contributed by atoms with van der Waals surface area (Å²) >= 11 is 6.85. The van der Waals surface area contributed by atoms with Crippen molar-refractivity contribution in [3.63, 3.8) is 0 Å². The van der Waals surface area contributed by atoms with Crippen LogP contribution in [-0.4, -0.2) is 42.0 Å². The van der Waals surface area contributed by atoms with Crippen molar-refractivity contribution in [3.8, 4) is 39.8 Å². The van der Waals surface area contributed by atoms with Crippen molar-refractivity contribution in [2.24, 2.45) is 0 Å². The highest BCUT2D eigenvalue weighted by molar-refractivity contribution is 6.32. The Morgan fingerprint density at radius 2 is 1.39 bits per heavy atom. The fourth-order valence-corrected chi connectivity index (χ4v) is 7.75. The van der Waals surface area contributed by atoms with Gasteiger partial charge in [0.05, 0.1) is 10.6 Å². The summed E-state index contributed by atoms with van der Waals surface area (Å²) in [6, 6.07) is 29.3. The fourth-order valence-electron chi connectivity index (χ4n) is 7.51. The van der Waals surface area contributed by atoms with E-state index >= 15 is 0 Å². The molecule has 2 fully saturated rings. The highest BCUT2D eigenvalue weighted by Crippen LogP contribution is 2.37. The molecule has 2 saturated heterocycles. The van der Waals surface area contributed by atoms with Crippen LogP contribution in [0.15, 0.2) is 91.3 Å². The summed E-state index contributed by atoms with van der Waals surface area (Å²) in [7, 11) is 0. The average Bonchev–Trinajstić information content (AvgIpc) is 3.84. The summed E-state index contributed by atoms with van der Waals surface area (Å²) in [4.78, 5) is 27.4. The Morgan fingerprint density at radius 1 is 0.737 bits per heavy atom. The van der Waals surface area contributed by atoms with Gasteiger partial charge in [0.2, 0.25) is 11.8 Å². The van der Waals surface area contributed by atoms with Crippen LogP contribution < -0.4 is 30.7 Å². The Balaban J connectivity index is 1.05. The van der Waals surface area contributed by atoms with Gasteiger partial charge >= 0.3 is 0 Å². The number of aromatic nitrogens is 1. The summed E-state index contributed by atoms with van der Waals surface area (Å²) < 4.78 is 12.7. The minimum absolute atomic E-state index is 0.0768. The second kappa shape index (κ2) is 18.5. The van der Waals surface area contributed by atoms with Crippen LogP contribution in [0.3, 0.4) is 0 Å². The van der Waals surface area contributed by atoms with Crippen LogP contribution in [0.2, 0.25) is 5.02 Å². The first-order valence-corrected chi connectivity index (χ1v) is 19.8. The summed E-state index contributed by atoms with van der Waals surface area (Å²) in [6.45, 7) is 7.42. The standard InChI is InChI=1S/C46H47ClN6O4/c1-29-35(5-3-7-40(29)41-8-4-6-39(30(41)2)34-11-9-31(10-12-34)21-50-25-37-13-15-45(54)52-37)28-57-44-19-43(56-27-33-17-32(20-48)22-49-23-33)36(18-42(44)47)24-51-26-38-14-16-46(55)53-38/h3-12,17-19,22-23,37-38,50-51H,13-16,21,24-28H2,1-2H3,(H,52,54)(H,53,55)/t37-,38-/m0/s1. The minimum atomic E-state index is 0.0768. The minimum Gasteiger partial charge on any atom is -0.488 e. The number of pyridine rings is 1. The number of carbonyl (C=O) groups is 2. The monoisotopic (exact) mass is 782 g/mol. The second-order valence-corrected chi connectivity index (χ2v) is 15.2. The Hall–Kier alpha value is -5.73. The summed E-state index contributed by atoms with van der Waals surface area (Å²) in [5.41, 5.74) is 11.3. The van der Waals surface area contributed by atoms with E-state index in [1.54, 1.807) is 12.3 Å². The van der Waals surface area contributed by atoms with Gasteiger partial charge in [-0.1, -0.05) is 72.3 Å². The van der Waals surface area contributed by atoms with E-state index in [4.69, 9.17) is 21.1 Å². The lowest BCUT2D eigenvalue weighted by Gasteiger charge is -2.19. The number of carbonyl (C=O) groups excluding carboxylic acids is 2. The predicted molar refractivity (Wildman–Crippen MR) is 222 cm³/mol. The van der Waals surface area contributed by atoms with E-state index in [2.05, 4.69) is 107 Å². The van der Waals surface area contributed by atoms with Crippen molar-refractivity contribution in [2.75, 3.05) is 13.1 Å². The molecule has 1 aromatic heterocycles. The quantitative estimate of drug-likeness (QED) is 0.0811. The maximum Gasteiger partial charge on any atom is 0.220 e. The van der Waals surface area contributed by atoms with Gasteiger partial charge in [0.15, 0.2) is 0 Å². The molecular weight excluding hydrogens is 736 g/mol. The number of ether oxygens (including phenoxy) is 2. The molecule has 0 spiro atoms. The molecule has 10 nitrogen and oxygen atoms in total. The molecule has 57 heavy (non-hydrogen) atoms. The van der Waals surface area contributed by atoms with Gasteiger partial charge in [0.25, 0.3) is 0 Å². The van der Waals surface area contributed by atoms with Gasteiger partial charge in [-0.05, 0) is 83.3 Å². The zero-order valence-electron chi connectivity index (χ0n) is 32.3. The molecule has 292 valence electrons. The van der Waals surface area contributed by atoms with E-state index in [0.29, 0.717) is 54.6 Å². The number of rotatable bonds is 16. The summed E-state index contributed by atoms with van der Waals surface area (Å²) in [6.07, 6.45) is 6.04. The molecule has 0 bridgehead atoms. The number of nitriles is 1. The topological polar surface area (TPSA) is 137 Å². The Labute approximate surface area is 339 Å². The van der Waals surface area contributed by atoms with Crippen LogP contribution >= 0.6 is 11.6 Å². The first-order chi connectivity index (χ1) is 27.7. The molecule has 0 unspecified atom stereocenters. The van der Waals surface area contributed by atoms with Crippen molar-refractivity contribution in [1.29, 1.82) is 5.26 Å². The Bertz CT molecular complexity index is 2290. The van der Waals surface area contributed by atoms with Gasteiger partial charge in [-0.15, -0.1) is 0 Å². The third kappa shape index (κ3) is 9.99. The van der Waals surface area contributed by atoms with Crippen LogP contribution in [0.5, 0.6) is 11.5 Å². The molecular formula is C46H47ClN6O4. The predicted octanol–water partition coefficient (Wildman–Crippen LogP) is 7.45. The molecule has 2 aliphatic rings. The molecule has 5 aromatic rings. The highest BCUT2D eigenvalue weighted by atomic mass is 35.5. The van der Waals surface area contributed by atoms with Crippen molar-refractivity contribution < 1.29 is 19.1 Å². The van der Waals surface area contributed by atoms with Crippen LogP contribution in [0.4, 0.5) is 0 Å². The van der Waals surface area contributed by atoms with Crippen molar-refractivity contribution in [2.45, 2.75) is 77.9 Å². The molecule has 2 amide bonds. The number of hydrogen-bond donors (Lipinski definition) is 4. The van der Waals surface area contributed by atoms with E-state index in [1.165, 1.54) is 22.9 Å². The van der Waals surface area contributed by atoms with Crippen molar-refractivity contribution in [3.05, 3.63) is 135 Å². The zero-order chi connectivity index (χ0) is 39.7. The third-order valence-corrected chi connectivity index (χ3v) is 11.0. The van der Waals surface area contributed by atoms with Gasteiger partial charge in [0.1, 0.15) is 30.8 Å². The molecule has 3 heterocycles. The molecule has 4 aromatic carbocycles. The number of amides is 2. The molecule has 2 aliphatic heterocycles. The van der Waals surface area contributed by atoms with Gasteiger partial charge < -0.3 is 30.7 Å². The maximum atomic E-state index is 11.7. The van der Waals surface area contributed by atoms with Gasteiger partial charge in [-0.2, -0.15) is 5.26 Å². The van der Waals surface area contributed by atoms with Crippen molar-refractivity contribution >= 4 is 23.4 Å². The largest absolute Gasteiger partial charge is 0.488 e. The van der Waals surface area contributed by atoms with E-state index in [-0.39, 0.29) is 30.5 Å². The first kappa shape index (κ1) is 39.5. The van der Waals surface area contributed by atoms with Gasteiger partial charge in [-0.3, -0.25) is 14.6 Å². The van der Waals surface area contributed by atoms with E-state index in [9.17, 15) is 14.9 Å². The molecule has 11 heteroatoms. The van der Waals surface area contributed by atoms with E-state index < -0.39 is 0 Å². The van der Waals surface area contributed by atoms with Crippen LogP contribution in [0.25, 0.3) is 22.3 Å². The third-order valence-electron chi connectivity index (χ3n) is 10.7. The number of nitrogens with zero attached hydrogens (tertiary/aromatic N) is 2. The second-order valence-electron chi connectivity index (χ2n) is 14.8. The van der Waals surface area contributed by atoms with E-state index in [0.717, 1.165) is 64.9 Å². The van der Waals surface area contributed by atoms with Crippen LogP contribution in [-0.2, 0) is 35.9 Å². The van der Waals surface area contributed by atoms with Gasteiger partial charge in [-0.25, -0.2) is 0 Å². The fraction of sp³-hybridized carbons (Fsp3) is 0.304. The van der Waals surface area contributed by atoms with Crippen molar-refractivity contribution in [1.82, 2.24) is 26.3 Å². The lowest BCUT2D eigenvalue weighted by molar-refractivity contribution is -0.120. The number of benzene rings is 4. The molecule has 4 N–H and O–H groups in total. The normalized spacial score (nSPS) is 16.2. The maximum absolute atomic E-state index is 11.7. The highest BCUT2D eigenvalue weighted by Gasteiger charge is 2.22. The summed E-state index contributed by atoms with van der Waals surface area (Å²) in [5, 5.41) is 22.7. The lowest BCUT2D eigenvalue weighted by Crippen LogP contribution is -2.35. The smallest absolute Gasteiger partial charge is 0.220 e. The SMILES string of the molecule is Cc1c(COc2cc(OCc3cncc(C#N)c3)c(CNC[C@@H]3CCC(=O)N3)cc2Cl)cccc1-c1cccc(-c2ccc(CNC[C@@H]3CCC(=O)N3)cc2)c1C. The summed E-state index contributed by atoms with van der Waals surface area (Å²) in [5.74, 6) is 1.31. The molecule has 7 rings (SSSR count).